The third-order valence-corrected chi connectivity index (χ3v) is 3.06. The van der Waals surface area contributed by atoms with E-state index in [1.54, 1.807) is 7.11 Å². The molecule has 5 heteroatoms. The maximum Gasteiger partial charge on any atom is 0.121 e. The fraction of sp³-hybridized carbons (Fsp3) is 0.308. The first-order valence-corrected chi connectivity index (χ1v) is 6.05. The lowest BCUT2D eigenvalue weighted by molar-refractivity contribution is 0.415. The van der Waals surface area contributed by atoms with Crippen LogP contribution in [0.1, 0.15) is 11.4 Å². The van der Waals surface area contributed by atoms with Crippen LogP contribution >= 0.6 is 11.6 Å². The van der Waals surface area contributed by atoms with Crippen LogP contribution in [-0.4, -0.2) is 16.9 Å². The zero-order valence-corrected chi connectivity index (χ0v) is 11.5. The molecule has 0 aliphatic carbocycles. The van der Waals surface area contributed by atoms with Gasteiger partial charge in [0.2, 0.25) is 0 Å². The Hall–Kier alpha value is -1.68. The highest BCUT2D eigenvalue weighted by molar-refractivity contribution is 6.33. The van der Waals surface area contributed by atoms with Crippen molar-refractivity contribution < 1.29 is 4.74 Å². The van der Waals surface area contributed by atoms with Crippen molar-refractivity contribution >= 4 is 17.3 Å². The zero-order valence-electron chi connectivity index (χ0n) is 10.7. The fourth-order valence-corrected chi connectivity index (χ4v) is 1.97. The number of hydrogen-bond acceptors (Lipinski definition) is 3. The second-order valence-electron chi connectivity index (χ2n) is 4.10. The molecule has 2 rings (SSSR count). The number of halogens is 1. The number of nitrogens with zero attached hydrogens (tertiary/aromatic N) is 2. The smallest absolute Gasteiger partial charge is 0.121 e. The Bertz CT molecular complexity index is 551. The van der Waals surface area contributed by atoms with E-state index in [0.29, 0.717) is 11.6 Å². The van der Waals surface area contributed by atoms with Gasteiger partial charge in [0.05, 0.1) is 35.8 Å². The summed E-state index contributed by atoms with van der Waals surface area (Å²) in [6.45, 7) is 2.65. The van der Waals surface area contributed by atoms with E-state index in [9.17, 15) is 0 Å². The third kappa shape index (κ3) is 2.76. The highest BCUT2D eigenvalue weighted by atomic mass is 35.5. The van der Waals surface area contributed by atoms with Crippen molar-refractivity contribution in [3.63, 3.8) is 0 Å². The summed E-state index contributed by atoms with van der Waals surface area (Å²) in [4.78, 5) is 0. The molecule has 1 aromatic carbocycles. The van der Waals surface area contributed by atoms with Crippen LogP contribution in [0.3, 0.4) is 0 Å². The van der Waals surface area contributed by atoms with E-state index < -0.39 is 0 Å². The average Bonchev–Trinajstić information content (AvgIpc) is 2.67. The van der Waals surface area contributed by atoms with Gasteiger partial charge in [0.1, 0.15) is 5.75 Å². The third-order valence-electron chi connectivity index (χ3n) is 2.73. The molecule has 0 atom stereocenters. The minimum absolute atomic E-state index is 0.671. The van der Waals surface area contributed by atoms with Crippen molar-refractivity contribution in [3.8, 4) is 5.75 Å². The van der Waals surface area contributed by atoms with E-state index in [-0.39, 0.29) is 0 Å². The Labute approximate surface area is 112 Å². The summed E-state index contributed by atoms with van der Waals surface area (Å²) in [5.41, 5.74) is 2.97. The van der Waals surface area contributed by atoms with Gasteiger partial charge in [-0.05, 0) is 25.1 Å². The van der Waals surface area contributed by atoms with Gasteiger partial charge in [0, 0.05) is 13.1 Å². The summed E-state index contributed by atoms with van der Waals surface area (Å²) in [5.74, 6) is 0.781. The molecule has 0 spiro atoms. The van der Waals surface area contributed by atoms with Crippen LogP contribution in [0.4, 0.5) is 5.69 Å². The number of rotatable bonds is 4. The number of methoxy groups -OCH3 is 1. The molecular weight excluding hydrogens is 250 g/mol. The molecule has 96 valence electrons. The van der Waals surface area contributed by atoms with Gasteiger partial charge < -0.3 is 10.1 Å². The van der Waals surface area contributed by atoms with Crippen LogP contribution in [0.2, 0.25) is 5.02 Å². The molecule has 0 aliphatic heterocycles. The van der Waals surface area contributed by atoms with Crippen LogP contribution in [0.15, 0.2) is 24.3 Å². The summed E-state index contributed by atoms with van der Waals surface area (Å²) in [6, 6.07) is 7.57. The predicted octanol–water partition coefficient (Wildman–Crippen LogP) is 3.00. The van der Waals surface area contributed by atoms with Crippen LogP contribution in [0, 0.1) is 6.92 Å². The maximum atomic E-state index is 6.12. The summed E-state index contributed by atoms with van der Waals surface area (Å²) in [7, 11) is 3.56. The van der Waals surface area contributed by atoms with Crippen LogP contribution in [0.25, 0.3) is 0 Å². The van der Waals surface area contributed by atoms with Gasteiger partial charge in [-0.2, -0.15) is 5.10 Å². The topological polar surface area (TPSA) is 39.1 Å². The SMILES string of the molecule is COc1ccc(Cl)c(NCc2cc(C)nn2C)c1. The summed E-state index contributed by atoms with van der Waals surface area (Å²) < 4.78 is 7.03. The van der Waals surface area contributed by atoms with Gasteiger partial charge in [-0.3, -0.25) is 4.68 Å². The van der Waals surface area contributed by atoms with Gasteiger partial charge in [-0.15, -0.1) is 0 Å². The molecule has 1 N–H and O–H groups in total. The summed E-state index contributed by atoms with van der Waals surface area (Å²) >= 11 is 6.12. The molecule has 18 heavy (non-hydrogen) atoms. The second kappa shape index (κ2) is 5.31. The molecule has 0 amide bonds. The summed E-state index contributed by atoms with van der Waals surface area (Å²) in [5, 5.41) is 8.26. The number of hydrogen-bond donors (Lipinski definition) is 1. The van der Waals surface area contributed by atoms with E-state index >= 15 is 0 Å². The molecule has 0 unspecified atom stereocenters. The van der Waals surface area contributed by atoms with E-state index in [2.05, 4.69) is 10.4 Å². The first kappa shape index (κ1) is 12.8. The van der Waals surface area contributed by atoms with Crippen molar-refractivity contribution in [2.24, 2.45) is 7.05 Å². The monoisotopic (exact) mass is 265 g/mol. The maximum absolute atomic E-state index is 6.12. The number of aryl methyl sites for hydroxylation is 2. The molecule has 0 aliphatic rings. The molecule has 0 saturated heterocycles. The van der Waals surface area contributed by atoms with Gasteiger partial charge in [0.15, 0.2) is 0 Å². The fourth-order valence-electron chi connectivity index (χ4n) is 1.78. The highest BCUT2D eigenvalue weighted by Crippen LogP contribution is 2.27. The minimum atomic E-state index is 0.671. The number of nitrogens with one attached hydrogen (secondary N) is 1. The van der Waals surface area contributed by atoms with Crippen LogP contribution < -0.4 is 10.1 Å². The van der Waals surface area contributed by atoms with Gasteiger partial charge in [-0.1, -0.05) is 11.6 Å². The lowest BCUT2D eigenvalue weighted by atomic mass is 10.3. The van der Waals surface area contributed by atoms with Gasteiger partial charge in [-0.25, -0.2) is 0 Å². The number of aromatic nitrogens is 2. The van der Waals surface area contributed by atoms with Crippen molar-refractivity contribution in [2.75, 3.05) is 12.4 Å². The van der Waals surface area contributed by atoms with E-state index in [1.165, 1.54) is 0 Å². The van der Waals surface area contributed by atoms with Crippen molar-refractivity contribution in [1.82, 2.24) is 9.78 Å². The zero-order chi connectivity index (χ0) is 13.1. The molecule has 0 radical (unpaired) electrons. The Morgan fingerprint density at radius 1 is 1.39 bits per heavy atom. The first-order chi connectivity index (χ1) is 8.60. The van der Waals surface area contributed by atoms with Crippen LogP contribution in [-0.2, 0) is 13.6 Å². The largest absolute Gasteiger partial charge is 0.497 e. The summed E-state index contributed by atoms with van der Waals surface area (Å²) in [6.07, 6.45) is 0. The lowest BCUT2D eigenvalue weighted by Gasteiger charge is -2.10. The Balaban J connectivity index is 2.12. The lowest BCUT2D eigenvalue weighted by Crippen LogP contribution is -2.05. The van der Waals surface area contributed by atoms with E-state index in [0.717, 1.165) is 22.8 Å². The molecule has 0 saturated carbocycles. The molecule has 0 fully saturated rings. The average molecular weight is 266 g/mol. The highest BCUT2D eigenvalue weighted by Gasteiger charge is 2.05. The first-order valence-electron chi connectivity index (χ1n) is 5.67. The van der Waals surface area contributed by atoms with Gasteiger partial charge >= 0.3 is 0 Å². The normalized spacial score (nSPS) is 10.4. The Morgan fingerprint density at radius 2 is 2.17 bits per heavy atom. The standard InChI is InChI=1S/C13H16ClN3O/c1-9-6-10(17(2)16-9)8-15-13-7-11(18-3)4-5-12(13)14/h4-7,15H,8H2,1-3H3. The number of benzene rings is 1. The molecule has 1 aromatic heterocycles. The quantitative estimate of drug-likeness (QED) is 0.924. The van der Waals surface area contributed by atoms with Crippen molar-refractivity contribution in [1.29, 1.82) is 0 Å². The number of anilines is 1. The molecule has 2 aromatic rings. The van der Waals surface area contributed by atoms with E-state index in [1.807, 2.05) is 42.9 Å². The molecule has 0 bridgehead atoms. The second-order valence-corrected chi connectivity index (χ2v) is 4.51. The predicted molar refractivity (Wildman–Crippen MR) is 73.3 cm³/mol. The molecule has 4 nitrogen and oxygen atoms in total. The van der Waals surface area contributed by atoms with Crippen LogP contribution in [0.5, 0.6) is 5.75 Å². The van der Waals surface area contributed by atoms with Crippen molar-refractivity contribution in [2.45, 2.75) is 13.5 Å². The molecule has 1 heterocycles. The molecular formula is C13H16ClN3O. The Kier molecular flexibility index (Phi) is 3.77. The van der Waals surface area contributed by atoms with Crippen molar-refractivity contribution in [3.05, 3.63) is 40.7 Å². The van der Waals surface area contributed by atoms with E-state index in [4.69, 9.17) is 16.3 Å². The van der Waals surface area contributed by atoms with Gasteiger partial charge in [0.25, 0.3) is 0 Å². The number of ether oxygens (including phenoxy) is 1. The minimum Gasteiger partial charge on any atom is -0.497 e. The Morgan fingerprint density at radius 3 is 2.78 bits per heavy atom.